The van der Waals surface area contributed by atoms with Gasteiger partial charge in [-0.05, 0) is 17.8 Å². The maximum atomic E-state index is 10.3. The van der Waals surface area contributed by atoms with Gasteiger partial charge >= 0.3 is 0 Å². The molecule has 4 heteroatoms. The van der Waals surface area contributed by atoms with E-state index < -0.39 is 10.1 Å². The first-order valence-corrected chi connectivity index (χ1v) is 4.87. The molecule has 0 aromatic carbocycles. The first-order chi connectivity index (χ1) is 4.31. The normalized spacial score (nSPS) is 30.1. The highest BCUT2D eigenvalue weighted by Crippen LogP contribution is 2.51. The van der Waals surface area contributed by atoms with Crippen molar-refractivity contribution in [3.05, 3.63) is 0 Å². The standard InChI is InChI=1S/C6H12O3S/c1-6(2)3-5(6)4-10(7,8)9/h5H,3-4H2,1-2H3,(H,7,8,9). The van der Waals surface area contributed by atoms with E-state index in [4.69, 9.17) is 4.55 Å². The summed E-state index contributed by atoms with van der Waals surface area (Å²) in [7, 11) is -3.73. The first kappa shape index (κ1) is 8.01. The zero-order chi connectivity index (χ0) is 7.99. The van der Waals surface area contributed by atoms with E-state index in [1.54, 1.807) is 0 Å². The monoisotopic (exact) mass is 164 g/mol. The van der Waals surface area contributed by atoms with Crippen molar-refractivity contribution < 1.29 is 13.0 Å². The van der Waals surface area contributed by atoms with E-state index in [0.717, 1.165) is 6.42 Å². The zero-order valence-electron chi connectivity index (χ0n) is 6.16. The fourth-order valence-corrected chi connectivity index (χ4v) is 2.19. The summed E-state index contributed by atoms with van der Waals surface area (Å²) in [6.45, 7) is 4.01. The van der Waals surface area contributed by atoms with Crippen LogP contribution in [0, 0.1) is 11.3 Å². The minimum absolute atomic E-state index is 0.0694. The van der Waals surface area contributed by atoms with Crippen LogP contribution >= 0.6 is 0 Å². The van der Waals surface area contributed by atoms with Gasteiger partial charge < -0.3 is 0 Å². The van der Waals surface area contributed by atoms with E-state index in [2.05, 4.69) is 0 Å². The second kappa shape index (κ2) is 1.95. The van der Waals surface area contributed by atoms with Crippen LogP contribution in [-0.4, -0.2) is 18.7 Å². The Bertz CT molecular complexity index is 227. The highest BCUT2D eigenvalue weighted by atomic mass is 32.2. The molecule has 1 rings (SSSR count). The van der Waals surface area contributed by atoms with Crippen molar-refractivity contribution in [1.82, 2.24) is 0 Å². The Labute approximate surface area is 61.2 Å². The molecule has 0 heterocycles. The van der Waals surface area contributed by atoms with Crippen molar-refractivity contribution in [3.8, 4) is 0 Å². The molecule has 1 N–H and O–H groups in total. The number of hydrogen-bond acceptors (Lipinski definition) is 2. The van der Waals surface area contributed by atoms with Crippen molar-refractivity contribution in [2.24, 2.45) is 11.3 Å². The average Bonchev–Trinajstić information content (AvgIpc) is 2.05. The predicted octanol–water partition coefficient (Wildman–Crippen LogP) is 0.920. The number of hydrogen-bond donors (Lipinski definition) is 1. The Hall–Kier alpha value is -0.0900. The predicted molar refractivity (Wildman–Crippen MR) is 38.3 cm³/mol. The Balaban J connectivity index is 2.46. The highest BCUT2D eigenvalue weighted by Gasteiger charge is 2.47. The summed E-state index contributed by atoms with van der Waals surface area (Å²) in [6.07, 6.45) is 0.910. The van der Waals surface area contributed by atoms with Gasteiger partial charge in [0.25, 0.3) is 10.1 Å². The molecular formula is C6H12O3S. The van der Waals surface area contributed by atoms with E-state index in [0.29, 0.717) is 0 Å². The summed E-state index contributed by atoms with van der Waals surface area (Å²) in [4.78, 5) is 0. The van der Waals surface area contributed by atoms with E-state index in [1.807, 2.05) is 13.8 Å². The van der Waals surface area contributed by atoms with Crippen LogP contribution in [0.15, 0.2) is 0 Å². The SMILES string of the molecule is CC1(C)CC1CS(=O)(=O)O. The molecule has 0 bridgehead atoms. The Morgan fingerprint density at radius 2 is 2.00 bits per heavy atom. The molecule has 0 aliphatic heterocycles. The number of rotatable bonds is 2. The molecule has 3 nitrogen and oxygen atoms in total. The van der Waals surface area contributed by atoms with Crippen LogP contribution in [0.5, 0.6) is 0 Å². The van der Waals surface area contributed by atoms with E-state index in [-0.39, 0.29) is 17.1 Å². The van der Waals surface area contributed by atoms with Gasteiger partial charge in [0.1, 0.15) is 0 Å². The lowest BCUT2D eigenvalue weighted by atomic mass is 10.1. The van der Waals surface area contributed by atoms with E-state index in [1.165, 1.54) is 0 Å². The van der Waals surface area contributed by atoms with Crippen molar-refractivity contribution in [2.75, 3.05) is 5.75 Å². The van der Waals surface area contributed by atoms with Crippen molar-refractivity contribution in [1.29, 1.82) is 0 Å². The molecule has 0 radical (unpaired) electrons. The third-order valence-corrected chi connectivity index (χ3v) is 2.95. The first-order valence-electron chi connectivity index (χ1n) is 3.26. The second-order valence-electron chi connectivity index (χ2n) is 3.64. The Morgan fingerprint density at radius 1 is 1.60 bits per heavy atom. The van der Waals surface area contributed by atoms with Crippen LogP contribution in [0.1, 0.15) is 20.3 Å². The Kier molecular flexibility index (Phi) is 1.56. The summed E-state index contributed by atoms with van der Waals surface area (Å²) in [5, 5.41) is 0. The lowest BCUT2D eigenvalue weighted by Gasteiger charge is -1.98. The van der Waals surface area contributed by atoms with Gasteiger partial charge in [-0.1, -0.05) is 13.8 Å². The molecule has 0 spiro atoms. The molecule has 1 atom stereocenters. The van der Waals surface area contributed by atoms with Gasteiger partial charge in [-0.2, -0.15) is 8.42 Å². The zero-order valence-corrected chi connectivity index (χ0v) is 6.98. The van der Waals surface area contributed by atoms with Crippen molar-refractivity contribution >= 4 is 10.1 Å². The second-order valence-corrected chi connectivity index (χ2v) is 5.14. The van der Waals surface area contributed by atoms with Gasteiger partial charge in [-0.15, -0.1) is 0 Å². The molecule has 60 valence electrons. The van der Waals surface area contributed by atoms with Crippen molar-refractivity contribution in [2.45, 2.75) is 20.3 Å². The van der Waals surface area contributed by atoms with Gasteiger partial charge in [-0.3, -0.25) is 4.55 Å². The minimum atomic E-state index is -3.73. The van der Waals surface area contributed by atoms with Crippen molar-refractivity contribution in [3.63, 3.8) is 0 Å². The lowest BCUT2D eigenvalue weighted by Crippen LogP contribution is -2.08. The maximum Gasteiger partial charge on any atom is 0.265 e. The molecule has 1 aliphatic carbocycles. The van der Waals surface area contributed by atoms with E-state index >= 15 is 0 Å². The lowest BCUT2D eigenvalue weighted by molar-refractivity contribution is 0.472. The topological polar surface area (TPSA) is 54.4 Å². The summed E-state index contributed by atoms with van der Waals surface area (Å²) in [6, 6.07) is 0. The Morgan fingerprint density at radius 3 is 2.10 bits per heavy atom. The molecule has 1 aliphatic rings. The molecule has 0 saturated heterocycles. The molecule has 0 amide bonds. The molecule has 1 unspecified atom stereocenters. The van der Waals surface area contributed by atoms with Crippen LogP contribution in [0.4, 0.5) is 0 Å². The summed E-state index contributed by atoms with van der Waals surface area (Å²) in [5.41, 5.74) is 0.135. The molecular weight excluding hydrogens is 152 g/mol. The van der Waals surface area contributed by atoms with Crippen LogP contribution < -0.4 is 0 Å². The maximum absolute atomic E-state index is 10.3. The molecule has 0 aromatic rings. The fraction of sp³-hybridized carbons (Fsp3) is 1.00. The molecule has 1 saturated carbocycles. The summed E-state index contributed by atoms with van der Waals surface area (Å²) in [5.74, 6) is 0.0995. The quantitative estimate of drug-likeness (QED) is 0.617. The summed E-state index contributed by atoms with van der Waals surface area (Å²) >= 11 is 0. The molecule has 10 heavy (non-hydrogen) atoms. The minimum Gasteiger partial charge on any atom is -0.286 e. The van der Waals surface area contributed by atoms with Crippen LogP contribution in [0.2, 0.25) is 0 Å². The molecule has 1 fully saturated rings. The van der Waals surface area contributed by atoms with Crippen LogP contribution in [-0.2, 0) is 10.1 Å². The molecule has 0 aromatic heterocycles. The third-order valence-electron chi connectivity index (χ3n) is 2.13. The van der Waals surface area contributed by atoms with Gasteiger partial charge in [0.2, 0.25) is 0 Å². The van der Waals surface area contributed by atoms with Gasteiger partial charge in [0.15, 0.2) is 0 Å². The highest BCUT2D eigenvalue weighted by molar-refractivity contribution is 7.85. The van der Waals surface area contributed by atoms with Gasteiger partial charge in [0.05, 0.1) is 5.75 Å². The largest absolute Gasteiger partial charge is 0.286 e. The van der Waals surface area contributed by atoms with Crippen LogP contribution in [0.3, 0.4) is 0 Å². The van der Waals surface area contributed by atoms with Gasteiger partial charge in [-0.25, -0.2) is 0 Å². The fourth-order valence-electron chi connectivity index (χ4n) is 1.11. The third kappa shape index (κ3) is 1.95. The summed E-state index contributed by atoms with van der Waals surface area (Å²) < 4.78 is 29.1. The van der Waals surface area contributed by atoms with Gasteiger partial charge in [0, 0.05) is 0 Å². The smallest absolute Gasteiger partial charge is 0.265 e. The van der Waals surface area contributed by atoms with E-state index in [9.17, 15) is 8.42 Å². The average molecular weight is 164 g/mol. The van der Waals surface area contributed by atoms with Crippen LogP contribution in [0.25, 0.3) is 0 Å².